The van der Waals surface area contributed by atoms with E-state index in [1.54, 1.807) is 28.8 Å². The zero-order valence-corrected chi connectivity index (χ0v) is 17.7. The molecule has 2 aromatic carbocycles. The Labute approximate surface area is 180 Å². The highest BCUT2D eigenvalue weighted by molar-refractivity contribution is 5.96. The highest BCUT2D eigenvalue weighted by Gasteiger charge is 2.24. The predicted molar refractivity (Wildman–Crippen MR) is 118 cm³/mol. The van der Waals surface area contributed by atoms with Crippen molar-refractivity contribution >= 4 is 11.9 Å². The molecule has 0 amide bonds. The molecule has 0 aliphatic carbocycles. The molecule has 1 aromatic heterocycles. The van der Waals surface area contributed by atoms with Gasteiger partial charge in [0.05, 0.1) is 17.8 Å². The number of benzene rings is 2. The summed E-state index contributed by atoms with van der Waals surface area (Å²) < 4.78 is 2.90. The molecule has 7 heteroatoms. The highest BCUT2D eigenvalue weighted by atomic mass is 16.4. The normalized spacial score (nSPS) is 10.9. The van der Waals surface area contributed by atoms with E-state index in [4.69, 9.17) is 0 Å². The Balaban J connectivity index is 2.00. The first kappa shape index (κ1) is 22.1. The summed E-state index contributed by atoms with van der Waals surface area (Å²) in [4.78, 5) is 36.4. The van der Waals surface area contributed by atoms with Crippen molar-refractivity contribution < 1.29 is 19.8 Å². The van der Waals surface area contributed by atoms with E-state index in [0.29, 0.717) is 30.6 Å². The number of hydrogen-bond acceptors (Lipinski definition) is 3. The number of carboxylic acid groups (broad SMARTS) is 2. The molecular formula is C24H26N2O5. The number of rotatable bonds is 9. The fraction of sp³-hybridized carbons (Fsp3) is 0.292. The van der Waals surface area contributed by atoms with Gasteiger partial charge in [0.15, 0.2) is 5.69 Å². The van der Waals surface area contributed by atoms with E-state index < -0.39 is 11.9 Å². The van der Waals surface area contributed by atoms with Crippen LogP contribution in [0.1, 0.15) is 58.8 Å². The monoisotopic (exact) mass is 422 g/mol. The SMILES string of the molecule is CCCc1c(C(=O)O)n(CCC)c(=O)n1Cc1ccc(-c2ccccc2C(=O)O)cc1. The third-order valence-corrected chi connectivity index (χ3v) is 5.23. The Morgan fingerprint density at radius 3 is 2.13 bits per heavy atom. The molecule has 0 aliphatic heterocycles. The highest BCUT2D eigenvalue weighted by Crippen LogP contribution is 2.24. The van der Waals surface area contributed by atoms with Crippen LogP contribution in [0, 0.1) is 0 Å². The first-order valence-electron chi connectivity index (χ1n) is 10.4. The van der Waals surface area contributed by atoms with E-state index in [1.807, 2.05) is 38.1 Å². The van der Waals surface area contributed by atoms with Crippen molar-refractivity contribution in [2.75, 3.05) is 0 Å². The van der Waals surface area contributed by atoms with Crippen molar-refractivity contribution in [2.24, 2.45) is 0 Å². The second-order valence-electron chi connectivity index (χ2n) is 7.42. The van der Waals surface area contributed by atoms with Gasteiger partial charge in [-0.05, 0) is 35.6 Å². The van der Waals surface area contributed by atoms with Gasteiger partial charge < -0.3 is 10.2 Å². The van der Waals surface area contributed by atoms with Gasteiger partial charge in [0, 0.05) is 6.54 Å². The van der Waals surface area contributed by atoms with Crippen molar-refractivity contribution in [3.8, 4) is 11.1 Å². The Hall–Kier alpha value is -3.61. The smallest absolute Gasteiger partial charge is 0.354 e. The number of aromatic nitrogens is 2. The zero-order chi connectivity index (χ0) is 22.5. The fourth-order valence-corrected chi connectivity index (χ4v) is 3.86. The largest absolute Gasteiger partial charge is 0.478 e. The van der Waals surface area contributed by atoms with Crippen LogP contribution in [0.5, 0.6) is 0 Å². The molecular weight excluding hydrogens is 396 g/mol. The number of carbonyl (C=O) groups is 2. The van der Waals surface area contributed by atoms with Gasteiger partial charge in [0.25, 0.3) is 0 Å². The van der Waals surface area contributed by atoms with Crippen molar-refractivity contribution in [1.82, 2.24) is 9.13 Å². The summed E-state index contributed by atoms with van der Waals surface area (Å²) in [6.45, 7) is 4.47. The van der Waals surface area contributed by atoms with E-state index in [-0.39, 0.29) is 23.5 Å². The molecule has 0 fully saturated rings. The van der Waals surface area contributed by atoms with E-state index in [2.05, 4.69) is 0 Å². The van der Waals surface area contributed by atoms with Gasteiger partial charge in [-0.1, -0.05) is 62.7 Å². The molecule has 7 nitrogen and oxygen atoms in total. The molecule has 0 unspecified atom stereocenters. The number of imidazole rings is 1. The van der Waals surface area contributed by atoms with Gasteiger partial charge in [-0.15, -0.1) is 0 Å². The molecule has 3 aromatic rings. The average molecular weight is 422 g/mol. The Morgan fingerprint density at radius 1 is 0.871 bits per heavy atom. The van der Waals surface area contributed by atoms with E-state index in [1.165, 1.54) is 4.57 Å². The van der Waals surface area contributed by atoms with Crippen LogP contribution in [-0.4, -0.2) is 31.3 Å². The first-order valence-corrected chi connectivity index (χ1v) is 10.4. The van der Waals surface area contributed by atoms with Crippen LogP contribution in [0.15, 0.2) is 53.3 Å². The zero-order valence-electron chi connectivity index (χ0n) is 17.7. The van der Waals surface area contributed by atoms with Crippen LogP contribution in [0.2, 0.25) is 0 Å². The second-order valence-corrected chi connectivity index (χ2v) is 7.42. The number of carboxylic acids is 2. The van der Waals surface area contributed by atoms with E-state index >= 15 is 0 Å². The molecule has 0 aliphatic rings. The molecule has 0 saturated carbocycles. The van der Waals surface area contributed by atoms with Gasteiger partial charge >= 0.3 is 17.6 Å². The maximum absolute atomic E-state index is 13.0. The van der Waals surface area contributed by atoms with Crippen LogP contribution < -0.4 is 5.69 Å². The van der Waals surface area contributed by atoms with Crippen LogP contribution in [-0.2, 0) is 19.5 Å². The van der Waals surface area contributed by atoms with Crippen molar-refractivity contribution in [3.63, 3.8) is 0 Å². The minimum atomic E-state index is -1.09. The van der Waals surface area contributed by atoms with Crippen LogP contribution in [0.4, 0.5) is 0 Å². The molecule has 0 radical (unpaired) electrons. The molecule has 0 spiro atoms. The van der Waals surface area contributed by atoms with E-state index in [0.717, 1.165) is 17.5 Å². The van der Waals surface area contributed by atoms with Crippen molar-refractivity contribution in [1.29, 1.82) is 0 Å². The Bertz CT molecular complexity index is 1160. The summed E-state index contributed by atoms with van der Waals surface area (Å²) in [5.74, 6) is -2.08. The van der Waals surface area contributed by atoms with Crippen LogP contribution in [0.25, 0.3) is 11.1 Å². The summed E-state index contributed by atoms with van der Waals surface area (Å²) in [5, 5.41) is 19.1. The van der Waals surface area contributed by atoms with Gasteiger partial charge in [-0.2, -0.15) is 0 Å². The van der Waals surface area contributed by atoms with Crippen molar-refractivity contribution in [3.05, 3.63) is 81.5 Å². The summed E-state index contributed by atoms with van der Waals surface area (Å²) >= 11 is 0. The molecule has 1 heterocycles. The number of aromatic carboxylic acids is 2. The lowest BCUT2D eigenvalue weighted by molar-refractivity contribution is 0.0677. The molecule has 3 rings (SSSR count). The molecule has 0 saturated heterocycles. The summed E-state index contributed by atoms with van der Waals surface area (Å²) in [7, 11) is 0. The lowest BCUT2D eigenvalue weighted by Crippen LogP contribution is -2.26. The number of hydrogen-bond donors (Lipinski definition) is 2. The predicted octanol–water partition coefficient (Wildman–Crippen LogP) is 4.12. The summed E-state index contributed by atoms with van der Waals surface area (Å²) in [6.07, 6.45) is 1.88. The maximum Gasteiger partial charge on any atom is 0.354 e. The molecule has 0 atom stereocenters. The molecule has 0 bridgehead atoms. The summed E-state index contributed by atoms with van der Waals surface area (Å²) in [6, 6.07) is 14.1. The minimum absolute atomic E-state index is 0.0701. The lowest BCUT2D eigenvalue weighted by atomic mass is 9.99. The molecule has 162 valence electrons. The Kier molecular flexibility index (Phi) is 6.74. The first-order chi connectivity index (χ1) is 14.9. The topological polar surface area (TPSA) is 102 Å². The van der Waals surface area contributed by atoms with Gasteiger partial charge in [-0.3, -0.25) is 9.13 Å². The quantitative estimate of drug-likeness (QED) is 0.540. The summed E-state index contributed by atoms with van der Waals surface area (Å²) in [5.41, 5.74) is 2.73. The van der Waals surface area contributed by atoms with Gasteiger partial charge in [0.1, 0.15) is 0 Å². The minimum Gasteiger partial charge on any atom is -0.478 e. The standard InChI is InChI=1S/C24H26N2O5/c1-3-7-20-21(23(29)30)25(14-4-2)24(31)26(20)15-16-10-12-17(13-11-16)18-8-5-6-9-19(18)22(27)28/h5-6,8-13H,3-4,7,14-15H2,1-2H3,(H,27,28)(H,29,30). The second kappa shape index (κ2) is 9.47. The van der Waals surface area contributed by atoms with Crippen LogP contribution in [0.3, 0.4) is 0 Å². The average Bonchev–Trinajstić information content (AvgIpc) is 3.00. The lowest BCUT2D eigenvalue weighted by Gasteiger charge is -2.10. The van der Waals surface area contributed by atoms with E-state index in [9.17, 15) is 24.6 Å². The fourth-order valence-electron chi connectivity index (χ4n) is 3.86. The molecule has 2 N–H and O–H groups in total. The van der Waals surface area contributed by atoms with Crippen molar-refractivity contribution in [2.45, 2.75) is 46.2 Å². The number of nitrogens with zero attached hydrogens (tertiary/aromatic N) is 2. The van der Waals surface area contributed by atoms with Gasteiger partial charge in [0.2, 0.25) is 0 Å². The van der Waals surface area contributed by atoms with Gasteiger partial charge in [-0.25, -0.2) is 14.4 Å². The molecule has 31 heavy (non-hydrogen) atoms. The van der Waals surface area contributed by atoms with Crippen LogP contribution >= 0.6 is 0 Å². The Morgan fingerprint density at radius 2 is 1.55 bits per heavy atom. The third kappa shape index (κ3) is 4.45. The third-order valence-electron chi connectivity index (χ3n) is 5.23. The maximum atomic E-state index is 13.0.